The highest BCUT2D eigenvalue weighted by Gasteiger charge is 2.45. The predicted octanol–water partition coefficient (Wildman–Crippen LogP) is 4.19. The molecule has 140 valence electrons. The highest BCUT2D eigenvalue weighted by Crippen LogP contribution is 2.45. The summed E-state index contributed by atoms with van der Waals surface area (Å²) in [6, 6.07) is 9.83. The van der Waals surface area contributed by atoms with Crippen molar-refractivity contribution in [3.63, 3.8) is 0 Å². The molecule has 4 heteroatoms. The Morgan fingerprint density at radius 1 is 1.04 bits per heavy atom. The summed E-state index contributed by atoms with van der Waals surface area (Å²) in [4.78, 5) is 7.63. The summed E-state index contributed by atoms with van der Waals surface area (Å²) in [6.07, 6.45) is 8.43. The molecule has 2 heterocycles. The van der Waals surface area contributed by atoms with E-state index in [-0.39, 0.29) is 0 Å². The molecule has 1 saturated heterocycles. The minimum Gasteiger partial charge on any atom is -0.379 e. The van der Waals surface area contributed by atoms with Crippen LogP contribution in [0.4, 0.5) is 0 Å². The largest absolute Gasteiger partial charge is 0.379 e. The minimum atomic E-state index is 0.302. The molecule has 1 aliphatic heterocycles. The number of methoxy groups -OCH3 is 1. The Balaban J connectivity index is 1.43. The molecule has 5 rings (SSSR count). The number of hydrogen-bond donors (Lipinski definition) is 0. The maximum Gasteiger partial charge on any atom is 0.107 e. The minimum absolute atomic E-state index is 0.302. The van der Waals surface area contributed by atoms with Crippen LogP contribution in [0.3, 0.4) is 0 Å². The highest BCUT2D eigenvalue weighted by molar-refractivity contribution is 5.76. The zero-order chi connectivity index (χ0) is 17.7. The van der Waals surface area contributed by atoms with E-state index in [4.69, 9.17) is 9.72 Å². The normalized spacial score (nSPS) is 33.2. The number of likely N-dealkylation sites (tertiary alicyclic amines) is 1. The maximum atomic E-state index is 6.03. The fourth-order valence-corrected chi connectivity index (χ4v) is 6.10. The first-order valence-electron chi connectivity index (χ1n) is 10.4. The lowest BCUT2D eigenvalue weighted by Gasteiger charge is -2.38. The third-order valence-electron chi connectivity index (χ3n) is 7.36. The van der Waals surface area contributed by atoms with Crippen molar-refractivity contribution in [2.75, 3.05) is 20.2 Å². The number of fused-ring (bicyclic) bond motifs is 2. The summed E-state index contributed by atoms with van der Waals surface area (Å²) in [5.74, 6) is 2.75. The molecule has 1 aromatic heterocycles. The van der Waals surface area contributed by atoms with Crippen LogP contribution in [0.25, 0.3) is 11.0 Å². The van der Waals surface area contributed by atoms with Gasteiger partial charge in [-0.3, -0.25) is 4.90 Å². The van der Waals surface area contributed by atoms with Crippen LogP contribution in [-0.2, 0) is 4.74 Å². The zero-order valence-electron chi connectivity index (χ0n) is 16.1. The van der Waals surface area contributed by atoms with E-state index in [0.717, 1.165) is 29.2 Å². The standard InChI is InChI=1S/C22H31N3O/c1-15-23-19-9-5-6-10-20(19)25(15)21-11-16-13-24(18-7-3-4-8-18)14-17(16)12-22(21)26-2/h5-6,9-10,16-18,21-22H,3-4,7-8,11-14H2,1-2H3/t16-,17+,21-,22-/m0/s1. The summed E-state index contributed by atoms with van der Waals surface area (Å²) in [6.45, 7) is 4.75. The number of imidazole rings is 1. The molecule has 0 unspecified atom stereocenters. The third-order valence-corrected chi connectivity index (χ3v) is 7.36. The lowest BCUT2D eigenvalue weighted by molar-refractivity contribution is -0.0000865. The molecule has 0 radical (unpaired) electrons. The van der Waals surface area contributed by atoms with Crippen molar-refractivity contribution < 1.29 is 4.74 Å². The molecule has 0 amide bonds. The van der Waals surface area contributed by atoms with Gasteiger partial charge in [-0.1, -0.05) is 25.0 Å². The predicted molar refractivity (Wildman–Crippen MR) is 104 cm³/mol. The SMILES string of the molecule is CO[C@H]1C[C@@H]2CN(C3CCCC3)C[C@@H]2C[C@@H]1n1c(C)nc2ccccc21. The summed E-state index contributed by atoms with van der Waals surface area (Å²) in [5, 5.41) is 0. The Kier molecular flexibility index (Phi) is 4.29. The van der Waals surface area contributed by atoms with Crippen molar-refractivity contribution in [2.45, 2.75) is 63.6 Å². The van der Waals surface area contributed by atoms with E-state index in [1.807, 2.05) is 7.11 Å². The number of aromatic nitrogens is 2. The van der Waals surface area contributed by atoms with Crippen LogP contribution in [0.2, 0.25) is 0 Å². The first kappa shape index (κ1) is 16.8. The molecular weight excluding hydrogens is 322 g/mol. The van der Waals surface area contributed by atoms with Gasteiger partial charge in [0.15, 0.2) is 0 Å². The van der Waals surface area contributed by atoms with E-state index >= 15 is 0 Å². The quantitative estimate of drug-likeness (QED) is 0.829. The molecule has 26 heavy (non-hydrogen) atoms. The Morgan fingerprint density at radius 2 is 1.77 bits per heavy atom. The lowest BCUT2D eigenvalue weighted by atomic mass is 9.77. The van der Waals surface area contributed by atoms with Crippen molar-refractivity contribution >= 4 is 11.0 Å². The van der Waals surface area contributed by atoms with Crippen molar-refractivity contribution in [3.8, 4) is 0 Å². The number of benzene rings is 1. The number of ether oxygens (including phenoxy) is 1. The molecule has 0 bridgehead atoms. The molecule has 4 nitrogen and oxygen atoms in total. The van der Waals surface area contributed by atoms with Gasteiger partial charge in [-0.15, -0.1) is 0 Å². The topological polar surface area (TPSA) is 30.3 Å². The van der Waals surface area contributed by atoms with Gasteiger partial charge >= 0.3 is 0 Å². The van der Waals surface area contributed by atoms with Gasteiger partial charge in [0.2, 0.25) is 0 Å². The van der Waals surface area contributed by atoms with Gasteiger partial charge in [-0.25, -0.2) is 4.98 Å². The van der Waals surface area contributed by atoms with Crippen LogP contribution in [0.1, 0.15) is 50.4 Å². The fourth-order valence-electron chi connectivity index (χ4n) is 6.10. The van der Waals surface area contributed by atoms with Crippen LogP contribution in [-0.4, -0.2) is 46.8 Å². The summed E-state index contributed by atoms with van der Waals surface area (Å²) < 4.78 is 8.50. The van der Waals surface area contributed by atoms with E-state index in [2.05, 4.69) is 40.7 Å². The highest BCUT2D eigenvalue weighted by atomic mass is 16.5. The van der Waals surface area contributed by atoms with Crippen LogP contribution in [0.15, 0.2) is 24.3 Å². The van der Waals surface area contributed by atoms with Crippen molar-refractivity contribution in [1.82, 2.24) is 14.5 Å². The number of aryl methyl sites for hydroxylation is 1. The van der Waals surface area contributed by atoms with Crippen molar-refractivity contribution in [1.29, 1.82) is 0 Å². The average Bonchev–Trinajstić information content (AvgIpc) is 3.37. The van der Waals surface area contributed by atoms with Crippen LogP contribution in [0, 0.1) is 18.8 Å². The molecule has 3 fully saturated rings. The summed E-state index contributed by atoms with van der Waals surface area (Å²) in [5.41, 5.74) is 2.38. The number of hydrogen-bond acceptors (Lipinski definition) is 3. The maximum absolute atomic E-state index is 6.03. The van der Waals surface area contributed by atoms with E-state index < -0.39 is 0 Å². The van der Waals surface area contributed by atoms with Gasteiger partial charge in [0, 0.05) is 26.2 Å². The van der Waals surface area contributed by atoms with E-state index in [1.54, 1.807) is 0 Å². The van der Waals surface area contributed by atoms with Crippen LogP contribution in [0.5, 0.6) is 0 Å². The number of rotatable bonds is 3. The molecule has 2 saturated carbocycles. The van der Waals surface area contributed by atoms with Gasteiger partial charge in [-0.2, -0.15) is 0 Å². The molecule has 3 aliphatic rings. The molecule has 2 aromatic rings. The molecule has 2 aliphatic carbocycles. The van der Waals surface area contributed by atoms with Crippen molar-refractivity contribution in [3.05, 3.63) is 30.1 Å². The van der Waals surface area contributed by atoms with Crippen LogP contribution >= 0.6 is 0 Å². The number of nitrogens with zero attached hydrogens (tertiary/aromatic N) is 3. The Bertz CT molecular complexity index is 779. The zero-order valence-corrected chi connectivity index (χ0v) is 16.1. The first-order valence-corrected chi connectivity index (χ1v) is 10.4. The molecular formula is C22H31N3O. The second kappa shape index (κ2) is 6.65. The first-order chi connectivity index (χ1) is 12.7. The smallest absolute Gasteiger partial charge is 0.107 e. The molecule has 4 atom stereocenters. The van der Waals surface area contributed by atoms with Gasteiger partial charge in [0.25, 0.3) is 0 Å². The Morgan fingerprint density at radius 3 is 2.54 bits per heavy atom. The summed E-state index contributed by atoms with van der Waals surface area (Å²) in [7, 11) is 1.90. The average molecular weight is 354 g/mol. The Hall–Kier alpha value is -1.39. The van der Waals surface area contributed by atoms with Crippen molar-refractivity contribution in [2.24, 2.45) is 11.8 Å². The monoisotopic (exact) mass is 353 g/mol. The number of para-hydroxylation sites is 2. The summed E-state index contributed by atoms with van der Waals surface area (Å²) >= 11 is 0. The molecule has 1 aromatic carbocycles. The Labute approximate surface area is 156 Å². The lowest BCUT2D eigenvalue weighted by Crippen LogP contribution is -2.37. The van der Waals surface area contributed by atoms with E-state index in [9.17, 15) is 0 Å². The molecule has 0 spiro atoms. The van der Waals surface area contributed by atoms with Gasteiger partial charge in [0.05, 0.1) is 23.2 Å². The second-order valence-corrected chi connectivity index (χ2v) is 8.74. The van der Waals surface area contributed by atoms with Gasteiger partial charge in [-0.05, 0) is 56.6 Å². The van der Waals surface area contributed by atoms with E-state index in [1.165, 1.54) is 57.1 Å². The van der Waals surface area contributed by atoms with Gasteiger partial charge < -0.3 is 9.30 Å². The third kappa shape index (κ3) is 2.69. The second-order valence-electron chi connectivity index (χ2n) is 8.74. The van der Waals surface area contributed by atoms with Crippen LogP contribution < -0.4 is 0 Å². The molecule has 0 N–H and O–H groups in total. The van der Waals surface area contributed by atoms with Gasteiger partial charge in [0.1, 0.15) is 5.82 Å². The van der Waals surface area contributed by atoms with E-state index in [0.29, 0.717) is 12.1 Å². The fraction of sp³-hybridized carbons (Fsp3) is 0.682.